The van der Waals surface area contributed by atoms with Gasteiger partial charge in [-0.3, -0.25) is 4.79 Å². The third-order valence-electron chi connectivity index (χ3n) is 3.72. The molecule has 4 aromatic rings. The average Bonchev–Trinajstić information content (AvgIpc) is 3.24. The number of carbonyl (C=O) groups excluding carboxylic acids is 1. The van der Waals surface area contributed by atoms with Crippen LogP contribution in [0.4, 0.5) is 5.82 Å². The Morgan fingerprint density at radius 1 is 1.20 bits per heavy atom. The van der Waals surface area contributed by atoms with Gasteiger partial charge in [0.05, 0.1) is 18.3 Å². The average molecular weight is 413 g/mol. The van der Waals surface area contributed by atoms with E-state index in [4.69, 9.17) is 0 Å². The highest BCUT2D eigenvalue weighted by molar-refractivity contribution is 9.10. The number of amides is 1. The molecule has 0 atom stereocenters. The van der Waals surface area contributed by atoms with Crippen molar-refractivity contribution in [3.63, 3.8) is 0 Å². The van der Waals surface area contributed by atoms with Gasteiger partial charge in [0.2, 0.25) is 0 Å². The summed E-state index contributed by atoms with van der Waals surface area (Å²) in [6.45, 7) is 0.601. The minimum Gasteiger partial charge on any atom is -0.305 e. The van der Waals surface area contributed by atoms with Crippen LogP contribution in [0.2, 0.25) is 0 Å². The number of aromatic nitrogens is 3. The summed E-state index contributed by atoms with van der Waals surface area (Å²) >= 11 is 5.09. The summed E-state index contributed by atoms with van der Waals surface area (Å²) in [5.41, 5.74) is 1.18. The molecule has 0 unspecified atom stereocenters. The van der Waals surface area contributed by atoms with E-state index in [1.54, 1.807) is 34.3 Å². The smallest absolute Gasteiger partial charge is 0.275 e. The zero-order chi connectivity index (χ0) is 17.2. The van der Waals surface area contributed by atoms with Crippen LogP contribution in [0.15, 0.2) is 64.6 Å². The molecule has 4 rings (SSSR count). The number of carbonyl (C=O) groups is 1. The quantitative estimate of drug-likeness (QED) is 0.534. The van der Waals surface area contributed by atoms with Crippen molar-refractivity contribution in [1.82, 2.24) is 14.8 Å². The topological polar surface area (TPSA) is 59.8 Å². The molecule has 0 radical (unpaired) electrons. The van der Waals surface area contributed by atoms with E-state index in [2.05, 4.69) is 31.3 Å². The maximum absolute atomic E-state index is 12.5. The Labute approximate surface area is 156 Å². The number of nitrogens with zero attached hydrogens (tertiary/aromatic N) is 3. The summed E-state index contributed by atoms with van der Waals surface area (Å²) in [5.74, 6) is 0.393. The van der Waals surface area contributed by atoms with Crippen LogP contribution in [0.5, 0.6) is 0 Å². The van der Waals surface area contributed by atoms with Crippen molar-refractivity contribution in [2.24, 2.45) is 0 Å². The molecule has 0 aliphatic heterocycles. The molecule has 1 amide bonds. The molecule has 0 saturated carbocycles. The number of nitrogens with one attached hydrogen (secondary N) is 1. The van der Waals surface area contributed by atoms with Gasteiger partial charge in [0.15, 0.2) is 0 Å². The highest BCUT2D eigenvalue weighted by Crippen LogP contribution is 2.22. The predicted molar refractivity (Wildman–Crippen MR) is 103 cm³/mol. The monoisotopic (exact) mass is 412 g/mol. The van der Waals surface area contributed by atoms with Crippen LogP contribution in [0, 0.1) is 0 Å². The van der Waals surface area contributed by atoms with E-state index in [-0.39, 0.29) is 5.91 Å². The Kier molecular flexibility index (Phi) is 4.33. The number of hydrogen-bond acceptors (Lipinski definition) is 4. The van der Waals surface area contributed by atoms with Crippen LogP contribution >= 0.6 is 27.3 Å². The molecular weight excluding hydrogens is 400 g/mol. The van der Waals surface area contributed by atoms with Gasteiger partial charge in [-0.1, -0.05) is 24.3 Å². The number of para-hydroxylation sites is 1. The van der Waals surface area contributed by atoms with Crippen LogP contribution in [0.25, 0.3) is 10.9 Å². The molecule has 3 aromatic heterocycles. The lowest BCUT2D eigenvalue weighted by Crippen LogP contribution is -2.17. The van der Waals surface area contributed by atoms with Gasteiger partial charge in [0.25, 0.3) is 5.91 Å². The molecule has 1 aromatic carbocycles. The molecule has 0 saturated heterocycles. The molecule has 0 fully saturated rings. The van der Waals surface area contributed by atoms with Crippen molar-refractivity contribution in [3.05, 3.63) is 75.2 Å². The molecule has 0 spiro atoms. The van der Waals surface area contributed by atoms with E-state index in [1.807, 2.05) is 41.8 Å². The predicted octanol–water partition coefficient (Wildman–Crippen LogP) is 4.56. The van der Waals surface area contributed by atoms with E-state index < -0.39 is 0 Å². The third-order valence-corrected chi connectivity index (χ3v) is 5.40. The lowest BCUT2D eigenvalue weighted by atomic mass is 10.2. The second kappa shape index (κ2) is 6.78. The first kappa shape index (κ1) is 16.0. The fraction of sp³-hybridized carbons (Fsp3) is 0.0556. The molecule has 124 valence electrons. The molecule has 7 heteroatoms. The summed E-state index contributed by atoms with van der Waals surface area (Å²) < 4.78 is 2.81. The molecule has 0 aliphatic rings. The van der Waals surface area contributed by atoms with Crippen molar-refractivity contribution in [2.75, 3.05) is 5.32 Å². The Morgan fingerprint density at radius 2 is 2.08 bits per heavy atom. The maximum atomic E-state index is 12.5. The summed E-state index contributed by atoms with van der Waals surface area (Å²) in [6.07, 6.45) is 1.67. The Morgan fingerprint density at radius 3 is 2.92 bits per heavy atom. The van der Waals surface area contributed by atoms with Crippen LogP contribution < -0.4 is 5.32 Å². The van der Waals surface area contributed by atoms with E-state index in [9.17, 15) is 4.79 Å². The van der Waals surface area contributed by atoms with E-state index in [0.29, 0.717) is 18.1 Å². The fourth-order valence-electron chi connectivity index (χ4n) is 2.52. The van der Waals surface area contributed by atoms with Crippen LogP contribution in [0.1, 0.15) is 15.4 Å². The standard InChI is InChI=1S/C18H13BrN4OS/c19-13-9-14(25-11-13)10-23-17(7-8-20-23)22-18(24)16-6-5-12-3-1-2-4-15(12)21-16/h1-9,11H,10H2,(H,22,24). The number of anilines is 1. The van der Waals surface area contributed by atoms with Gasteiger partial charge >= 0.3 is 0 Å². The molecule has 5 nitrogen and oxygen atoms in total. The van der Waals surface area contributed by atoms with Crippen molar-refractivity contribution < 1.29 is 4.79 Å². The Hall–Kier alpha value is -2.51. The number of rotatable bonds is 4. The van der Waals surface area contributed by atoms with Gasteiger partial charge in [-0.2, -0.15) is 5.10 Å². The zero-order valence-corrected chi connectivity index (χ0v) is 15.4. The van der Waals surface area contributed by atoms with E-state index in [1.165, 1.54) is 0 Å². The van der Waals surface area contributed by atoms with E-state index >= 15 is 0 Å². The van der Waals surface area contributed by atoms with Gasteiger partial charge in [-0.05, 0) is 34.1 Å². The molecule has 25 heavy (non-hydrogen) atoms. The van der Waals surface area contributed by atoms with Gasteiger partial charge < -0.3 is 5.32 Å². The van der Waals surface area contributed by atoms with Crippen molar-refractivity contribution in [1.29, 1.82) is 0 Å². The minimum atomic E-state index is -0.250. The normalized spacial score (nSPS) is 10.9. The van der Waals surface area contributed by atoms with Gasteiger partial charge in [0, 0.05) is 26.2 Å². The Balaban J connectivity index is 1.55. The lowest BCUT2D eigenvalue weighted by molar-refractivity contribution is 0.102. The highest BCUT2D eigenvalue weighted by atomic mass is 79.9. The van der Waals surface area contributed by atoms with Gasteiger partial charge in [-0.15, -0.1) is 11.3 Å². The number of fused-ring (bicyclic) bond motifs is 1. The first-order valence-electron chi connectivity index (χ1n) is 7.61. The molecule has 0 bridgehead atoms. The summed E-state index contributed by atoms with van der Waals surface area (Å²) in [5, 5.41) is 10.2. The molecular formula is C18H13BrN4OS. The zero-order valence-electron chi connectivity index (χ0n) is 13.0. The second-order valence-corrected chi connectivity index (χ2v) is 7.36. The fourth-order valence-corrected chi connectivity index (χ4v) is 3.95. The number of hydrogen-bond donors (Lipinski definition) is 1. The minimum absolute atomic E-state index is 0.250. The summed E-state index contributed by atoms with van der Waals surface area (Å²) in [6, 6.07) is 15.2. The molecule has 1 N–H and O–H groups in total. The number of thiophene rings is 1. The van der Waals surface area contributed by atoms with Gasteiger partial charge in [-0.25, -0.2) is 9.67 Å². The lowest BCUT2D eigenvalue weighted by Gasteiger charge is -2.08. The van der Waals surface area contributed by atoms with E-state index in [0.717, 1.165) is 20.3 Å². The molecule has 0 aliphatic carbocycles. The van der Waals surface area contributed by atoms with Crippen molar-refractivity contribution in [2.45, 2.75) is 6.54 Å². The van der Waals surface area contributed by atoms with Crippen LogP contribution in [0.3, 0.4) is 0 Å². The number of pyridine rings is 1. The van der Waals surface area contributed by atoms with Crippen LogP contribution in [-0.4, -0.2) is 20.7 Å². The number of benzene rings is 1. The van der Waals surface area contributed by atoms with Crippen molar-refractivity contribution in [3.8, 4) is 0 Å². The SMILES string of the molecule is O=C(Nc1ccnn1Cc1cc(Br)cs1)c1ccc2ccccc2n1. The van der Waals surface area contributed by atoms with Crippen molar-refractivity contribution >= 4 is 49.9 Å². The second-order valence-electron chi connectivity index (χ2n) is 5.45. The van der Waals surface area contributed by atoms with Crippen LogP contribution in [-0.2, 0) is 6.54 Å². The largest absolute Gasteiger partial charge is 0.305 e. The third kappa shape index (κ3) is 3.47. The first-order chi connectivity index (χ1) is 12.2. The van der Waals surface area contributed by atoms with Gasteiger partial charge in [0.1, 0.15) is 11.5 Å². The maximum Gasteiger partial charge on any atom is 0.275 e. The first-order valence-corrected chi connectivity index (χ1v) is 9.28. The number of halogens is 1. The summed E-state index contributed by atoms with van der Waals surface area (Å²) in [4.78, 5) is 18.1. The summed E-state index contributed by atoms with van der Waals surface area (Å²) in [7, 11) is 0. The Bertz CT molecular complexity index is 1060. The highest BCUT2D eigenvalue weighted by Gasteiger charge is 2.12. The molecule has 3 heterocycles.